The molecule has 1 saturated carbocycles. The zero-order valence-electron chi connectivity index (χ0n) is 10.9. The Labute approximate surface area is 109 Å². The van der Waals surface area contributed by atoms with Gasteiger partial charge in [-0.1, -0.05) is 30.3 Å². The van der Waals surface area contributed by atoms with E-state index in [1.165, 1.54) is 29.7 Å². The Morgan fingerprint density at radius 2 is 1.89 bits per heavy atom. The molecular formula is C17H19N. The van der Waals surface area contributed by atoms with Crippen molar-refractivity contribution in [3.05, 3.63) is 65.0 Å². The molecule has 0 N–H and O–H groups in total. The van der Waals surface area contributed by atoms with Crippen molar-refractivity contribution in [2.45, 2.75) is 38.5 Å². The van der Waals surface area contributed by atoms with Crippen LogP contribution in [0.2, 0.25) is 0 Å². The second-order valence-electron chi connectivity index (χ2n) is 5.30. The molecule has 92 valence electrons. The molecule has 1 aromatic heterocycles. The smallest absolute Gasteiger partial charge is 0.0407 e. The lowest BCUT2D eigenvalue weighted by Gasteiger charge is -2.08. The fourth-order valence-electron chi connectivity index (χ4n) is 2.46. The van der Waals surface area contributed by atoms with Crippen molar-refractivity contribution in [2.75, 3.05) is 0 Å². The van der Waals surface area contributed by atoms with Gasteiger partial charge in [-0.15, -0.1) is 0 Å². The molecule has 0 spiro atoms. The number of aromatic nitrogens is 1. The van der Waals surface area contributed by atoms with Crippen LogP contribution in [0.3, 0.4) is 0 Å². The lowest BCUT2D eigenvalue weighted by Crippen LogP contribution is -1.97. The second-order valence-corrected chi connectivity index (χ2v) is 5.30. The van der Waals surface area contributed by atoms with E-state index in [-0.39, 0.29) is 0 Å². The van der Waals surface area contributed by atoms with Gasteiger partial charge in [-0.3, -0.25) is 4.98 Å². The maximum absolute atomic E-state index is 4.48. The summed E-state index contributed by atoms with van der Waals surface area (Å²) in [4.78, 5) is 4.48. The molecule has 1 fully saturated rings. The highest BCUT2D eigenvalue weighted by Crippen LogP contribution is 2.41. The third-order valence-corrected chi connectivity index (χ3v) is 3.70. The van der Waals surface area contributed by atoms with Crippen molar-refractivity contribution >= 4 is 0 Å². The van der Waals surface area contributed by atoms with Crippen molar-refractivity contribution in [1.29, 1.82) is 0 Å². The molecule has 0 radical (unpaired) electrons. The molecule has 0 atom stereocenters. The Kier molecular flexibility index (Phi) is 3.14. The molecule has 1 heterocycles. The van der Waals surface area contributed by atoms with E-state index in [0.717, 1.165) is 18.8 Å². The molecule has 1 nitrogen and oxygen atoms in total. The Morgan fingerprint density at radius 3 is 2.61 bits per heavy atom. The van der Waals surface area contributed by atoms with Crippen molar-refractivity contribution < 1.29 is 0 Å². The van der Waals surface area contributed by atoms with Crippen molar-refractivity contribution in [1.82, 2.24) is 4.98 Å². The molecule has 2 aromatic rings. The number of aryl methyl sites for hydroxylation is 3. The molecule has 0 amide bonds. The minimum Gasteiger partial charge on any atom is -0.261 e. The van der Waals surface area contributed by atoms with Gasteiger partial charge in [0, 0.05) is 11.9 Å². The summed E-state index contributed by atoms with van der Waals surface area (Å²) in [6, 6.07) is 13.2. The van der Waals surface area contributed by atoms with Crippen molar-refractivity contribution in [3.63, 3.8) is 0 Å². The van der Waals surface area contributed by atoms with Gasteiger partial charge in [0.2, 0.25) is 0 Å². The van der Waals surface area contributed by atoms with Crippen LogP contribution in [-0.2, 0) is 12.8 Å². The highest BCUT2D eigenvalue weighted by molar-refractivity contribution is 5.33. The highest BCUT2D eigenvalue weighted by atomic mass is 14.7. The summed E-state index contributed by atoms with van der Waals surface area (Å²) in [7, 11) is 0. The number of nitrogens with zero attached hydrogens (tertiary/aromatic N) is 1. The molecule has 0 unspecified atom stereocenters. The van der Waals surface area contributed by atoms with Crippen LogP contribution in [0.25, 0.3) is 0 Å². The molecule has 1 heteroatoms. The minimum absolute atomic E-state index is 0.840. The predicted molar refractivity (Wildman–Crippen MR) is 74.8 cm³/mol. The predicted octanol–water partition coefficient (Wildman–Crippen LogP) is 4.05. The van der Waals surface area contributed by atoms with Gasteiger partial charge in [0.1, 0.15) is 0 Å². The lowest BCUT2D eigenvalue weighted by molar-refractivity contribution is 0.891. The average Bonchev–Trinajstić information content (AvgIpc) is 3.23. The fourth-order valence-corrected chi connectivity index (χ4v) is 2.46. The Hall–Kier alpha value is -1.63. The van der Waals surface area contributed by atoms with Crippen LogP contribution < -0.4 is 0 Å². The summed E-state index contributed by atoms with van der Waals surface area (Å²) < 4.78 is 0. The summed E-state index contributed by atoms with van der Waals surface area (Å²) in [5, 5.41) is 0. The van der Waals surface area contributed by atoms with Crippen molar-refractivity contribution in [3.8, 4) is 0 Å². The molecule has 3 rings (SSSR count). The summed E-state index contributed by atoms with van der Waals surface area (Å²) in [6.07, 6.45) is 6.87. The number of hydrogen-bond acceptors (Lipinski definition) is 1. The summed E-state index contributed by atoms with van der Waals surface area (Å²) in [6.45, 7) is 2.08. The second kappa shape index (κ2) is 4.93. The van der Waals surface area contributed by atoms with E-state index in [4.69, 9.17) is 0 Å². The number of rotatable bonds is 4. The van der Waals surface area contributed by atoms with E-state index >= 15 is 0 Å². The normalized spacial score (nSPS) is 14.7. The van der Waals surface area contributed by atoms with Gasteiger partial charge in [-0.25, -0.2) is 0 Å². The Bertz CT molecular complexity index is 524. The third kappa shape index (κ3) is 2.61. The molecule has 0 saturated heterocycles. The monoisotopic (exact) mass is 237 g/mol. The van der Waals surface area contributed by atoms with E-state index in [1.807, 2.05) is 6.20 Å². The van der Waals surface area contributed by atoms with Gasteiger partial charge in [-0.05, 0) is 61.3 Å². The van der Waals surface area contributed by atoms with Crippen LogP contribution >= 0.6 is 0 Å². The standard InChI is InChI=1S/C17H19N/c1-13-6-10-16(18-12-13)11-9-14-4-2-3-5-17(14)15-7-8-15/h2-6,10,12,15H,7-9,11H2,1H3. The molecule has 1 aliphatic carbocycles. The largest absolute Gasteiger partial charge is 0.261 e. The third-order valence-electron chi connectivity index (χ3n) is 3.70. The van der Waals surface area contributed by atoms with Crippen LogP contribution in [0.5, 0.6) is 0 Å². The minimum atomic E-state index is 0.840. The zero-order valence-corrected chi connectivity index (χ0v) is 10.9. The van der Waals surface area contributed by atoms with E-state index in [0.29, 0.717) is 0 Å². The van der Waals surface area contributed by atoms with Gasteiger partial charge >= 0.3 is 0 Å². The lowest BCUT2D eigenvalue weighted by atomic mass is 9.98. The molecular weight excluding hydrogens is 218 g/mol. The van der Waals surface area contributed by atoms with E-state index in [9.17, 15) is 0 Å². The first kappa shape index (κ1) is 11.5. The van der Waals surface area contributed by atoms with Gasteiger partial charge in [0.25, 0.3) is 0 Å². The van der Waals surface area contributed by atoms with Crippen LogP contribution in [-0.4, -0.2) is 4.98 Å². The maximum Gasteiger partial charge on any atom is 0.0407 e. The average molecular weight is 237 g/mol. The van der Waals surface area contributed by atoms with E-state index in [1.54, 1.807) is 5.56 Å². The van der Waals surface area contributed by atoms with Gasteiger partial charge in [-0.2, -0.15) is 0 Å². The molecule has 18 heavy (non-hydrogen) atoms. The summed E-state index contributed by atoms with van der Waals surface area (Å²) in [5.74, 6) is 0.840. The zero-order chi connectivity index (χ0) is 12.4. The topological polar surface area (TPSA) is 12.9 Å². The first-order valence-electron chi connectivity index (χ1n) is 6.82. The first-order valence-corrected chi connectivity index (χ1v) is 6.82. The number of hydrogen-bond donors (Lipinski definition) is 0. The number of pyridine rings is 1. The maximum atomic E-state index is 4.48. The summed E-state index contributed by atoms with van der Waals surface area (Å²) in [5.41, 5.74) is 5.52. The van der Waals surface area contributed by atoms with E-state index in [2.05, 4.69) is 48.3 Å². The molecule has 1 aliphatic rings. The SMILES string of the molecule is Cc1ccc(CCc2ccccc2C2CC2)nc1. The quantitative estimate of drug-likeness (QED) is 0.781. The molecule has 1 aromatic carbocycles. The van der Waals surface area contributed by atoms with Gasteiger partial charge < -0.3 is 0 Å². The van der Waals surface area contributed by atoms with E-state index < -0.39 is 0 Å². The summed E-state index contributed by atoms with van der Waals surface area (Å²) >= 11 is 0. The first-order chi connectivity index (χ1) is 8.83. The van der Waals surface area contributed by atoms with Crippen LogP contribution in [0.4, 0.5) is 0 Å². The Balaban J connectivity index is 1.71. The fraction of sp³-hybridized carbons (Fsp3) is 0.353. The van der Waals surface area contributed by atoms with Gasteiger partial charge in [0.15, 0.2) is 0 Å². The van der Waals surface area contributed by atoms with Crippen molar-refractivity contribution in [2.24, 2.45) is 0 Å². The van der Waals surface area contributed by atoms with Crippen LogP contribution in [0.15, 0.2) is 42.6 Å². The molecule has 0 aliphatic heterocycles. The number of benzene rings is 1. The van der Waals surface area contributed by atoms with Crippen LogP contribution in [0.1, 0.15) is 41.1 Å². The van der Waals surface area contributed by atoms with Gasteiger partial charge in [0.05, 0.1) is 0 Å². The molecule has 0 bridgehead atoms. The van der Waals surface area contributed by atoms with Crippen LogP contribution in [0, 0.1) is 6.92 Å². The highest BCUT2D eigenvalue weighted by Gasteiger charge is 2.25. The Morgan fingerprint density at radius 1 is 1.06 bits per heavy atom.